The van der Waals surface area contributed by atoms with Crippen LogP contribution >= 0.6 is 0 Å². The van der Waals surface area contributed by atoms with Crippen LogP contribution in [0.1, 0.15) is 56.5 Å². The van der Waals surface area contributed by atoms with Crippen molar-refractivity contribution in [2.24, 2.45) is 7.05 Å². The maximum Gasteiger partial charge on any atom is 0.249 e. The minimum absolute atomic E-state index is 0.0387. The number of aryl methyl sites for hydroxylation is 3. The molecule has 2 amide bonds. The Morgan fingerprint density at radius 1 is 1.08 bits per heavy atom. The minimum Gasteiger partial charge on any atom is -0.352 e. The highest BCUT2D eigenvalue weighted by atomic mass is 16.2. The van der Waals surface area contributed by atoms with Crippen LogP contribution < -0.4 is 10.2 Å². The predicted octanol–water partition coefficient (Wildman–Crippen LogP) is 4.34. The number of para-hydroxylation sites is 1. The van der Waals surface area contributed by atoms with Crippen LogP contribution in [-0.4, -0.2) is 36.9 Å². The van der Waals surface area contributed by atoms with Gasteiger partial charge in [0, 0.05) is 24.5 Å². The van der Waals surface area contributed by atoms with Crippen molar-refractivity contribution in [2.45, 2.75) is 64.6 Å². The van der Waals surface area contributed by atoms with Crippen molar-refractivity contribution in [3.8, 4) is 0 Å². The quantitative estimate of drug-likeness (QED) is 0.392. The molecule has 2 aromatic carbocycles. The highest BCUT2D eigenvalue weighted by Gasteiger charge is 2.37. The standard InChI is InChI=1S/C29H34N6O2/c1-5-29(2,3)30-28(37)27(25-14-9-17-33(25)4)35(22-16-15-20-10-8-11-21(20)18-22)26(36)19-34-24-13-7-6-12-23(24)31-32-34/h6-7,9,12-18,27H,5,8,10-11,19H2,1-4H3,(H,30,37)/t27-/m0/s1. The van der Waals surface area contributed by atoms with Crippen molar-refractivity contribution in [1.29, 1.82) is 0 Å². The molecule has 0 saturated heterocycles. The fourth-order valence-electron chi connectivity index (χ4n) is 5.02. The molecule has 5 rings (SSSR count). The molecule has 4 aromatic rings. The molecule has 0 saturated carbocycles. The molecule has 2 heterocycles. The Labute approximate surface area is 217 Å². The number of anilines is 1. The normalized spacial score (nSPS) is 13.9. The highest BCUT2D eigenvalue weighted by Crippen LogP contribution is 2.33. The molecule has 8 nitrogen and oxygen atoms in total. The number of aromatic nitrogens is 4. The average Bonchev–Trinajstić information content (AvgIpc) is 3.62. The summed E-state index contributed by atoms with van der Waals surface area (Å²) in [4.78, 5) is 29.8. The molecular weight excluding hydrogens is 464 g/mol. The summed E-state index contributed by atoms with van der Waals surface area (Å²) in [5.41, 5.74) is 5.08. The number of carbonyl (C=O) groups excluding carboxylic acids is 2. The summed E-state index contributed by atoms with van der Waals surface area (Å²) >= 11 is 0. The van der Waals surface area contributed by atoms with E-state index in [1.54, 1.807) is 9.58 Å². The van der Waals surface area contributed by atoms with E-state index >= 15 is 0 Å². The lowest BCUT2D eigenvalue weighted by Gasteiger charge is -2.35. The van der Waals surface area contributed by atoms with Crippen molar-refractivity contribution < 1.29 is 9.59 Å². The average molecular weight is 499 g/mol. The minimum atomic E-state index is -0.854. The number of carbonyl (C=O) groups is 2. The van der Waals surface area contributed by atoms with Gasteiger partial charge in [-0.15, -0.1) is 5.10 Å². The van der Waals surface area contributed by atoms with Gasteiger partial charge in [0.2, 0.25) is 11.8 Å². The Bertz CT molecular complexity index is 1450. The van der Waals surface area contributed by atoms with Crippen LogP contribution in [0.3, 0.4) is 0 Å². The zero-order valence-corrected chi connectivity index (χ0v) is 21.9. The van der Waals surface area contributed by atoms with Crippen molar-refractivity contribution in [3.05, 3.63) is 77.6 Å². The van der Waals surface area contributed by atoms with E-state index in [-0.39, 0.29) is 18.4 Å². The molecule has 1 aliphatic carbocycles. The molecule has 0 fully saturated rings. The van der Waals surface area contributed by atoms with Gasteiger partial charge in [-0.05, 0) is 87.1 Å². The SMILES string of the molecule is CCC(C)(C)NC(=O)[C@H](c1cccn1C)N(C(=O)Cn1nnc2ccccc21)c1ccc2c(c1)CCC2. The Balaban J connectivity index is 1.61. The molecule has 192 valence electrons. The largest absolute Gasteiger partial charge is 0.352 e. The molecule has 1 aliphatic rings. The maximum atomic E-state index is 14.2. The molecule has 1 N–H and O–H groups in total. The lowest BCUT2D eigenvalue weighted by molar-refractivity contribution is -0.128. The van der Waals surface area contributed by atoms with Gasteiger partial charge < -0.3 is 9.88 Å². The van der Waals surface area contributed by atoms with Gasteiger partial charge in [-0.3, -0.25) is 14.5 Å². The number of hydrogen-bond acceptors (Lipinski definition) is 4. The number of benzene rings is 2. The van der Waals surface area contributed by atoms with E-state index in [1.807, 2.05) is 81.0 Å². The molecule has 0 aliphatic heterocycles. The van der Waals surface area contributed by atoms with Crippen LogP contribution in [0.15, 0.2) is 60.8 Å². The summed E-state index contributed by atoms with van der Waals surface area (Å²) in [5, 5.41) is 11.6. The molecule has 0 bridgehead atoms. The van der Waals surface area contributed by atoms with E-state index in [2.05, 4.69) is 27.8 Å². The van der Waals surface area contributed by atoms with Gasteiger partial charge in [0.15, 0.2) is 6.04 Å². The summed E-state index contributed by atoms with van der Waals surface area (Å²) in [6.45, 7) is 5.99. The molecule has 0 spiro atoms. The third-order valence-corrected chi connectivity index (χ3v) is 7.45. The summed E-state index contributed by atoms with van der Waals surface area (Å²) < 4.78 is 3.51. The second-order valence-electron chi connectivity index (χ2n) is 10.5. The molecule has 8 heteroatoms. The first-order chi connectivity index (χ1) is 17.8. The fourth-order valence-corrected chi connectivity index (χ4v) is 5.02. The van der Waals surface area contributed by atoms with Gasteiger partial charge in [-0.25, -0.2) is 4.68 Å². The van der Waals surface area contributed by atoms with E-state index < -0.39 is 11.6 Å². The van der Waals surface area contributed by atoms with Gasteiger partial charge in [-0.1, -0.05) is 30.3 Å². The zero-order chi connectivity index (χ0) is 26.2. The molecular formula is C29H34N6O2. The first-order valence-corrected chi connectivity index (χ1v) is 12.9. The smallest absolute Gasteiger partial charge is 0.249 e. The zero-order valence-electron chi connectivity index (χ0n) is 21.9. The molecule has 37 heavy (non-hydrogen) atoms. The third-order valence-electron chi connectivity index (χ3n) is 7.45. The van der Waals surface area contributed by atoms with Gasteiger partial charge in [0.25, 0.3) is 0 Å². The number of amides is 2. The highest BCUT2D eigenvalue weighted by molar-refractivity contribution is 6.01. The van der Waals surface area contributed by atoms with Crippen molar-refractivity contribution in [3.63, 3.8) is 0 Å². The Kier molecular flexibility index (Phi) is 6.58. The monoisotopic (exact) mass is 498 g/mol. The number of rotatable bonds is 8. The molecule has 0 unspecified atom stereocenters. The van der Waals surface area contributed by atoms with E-state index in [9.17, 15) is 9.59 Å². The van der Waals surface area contributed by atoms with Crippen LogP contribution in [0.25, 0.3) is 11.0 Å². The van der Waals surface area contributed by atoms with Crippen LogP contribution in [0, 0.1) is 0 Å². The first kappa shape index (κ1) is 24.7. The first-order valence-electron chi connectivity index (χ1n) is 12.9. The van der Waals surface area contributed by atoms with Crippen molar-refractivity contribution in [2.75, 3.05) is 4.90 Å². The summed E-state index contributed by atoms with van der Waals surface area (Å²) in [6.07, 6.45) is 5.78. The molecule has 0 radical (unpaired) electrons. The van der Waals surface area contributed by atoms with Crippen LogP contribution in [0.5, 0.6) is 0 Å². The predicted molar refractivity (Wildman–Crippen MR) is 144 cm³/mol. The lowest BCUT2D eigenvalue weighted by atomic mass is 10.00. The second-order valence-corrected chi connectivity index (χ2v) is 10.5. The Hall–Kier alpha value is -3.94. The second kappa shape index (κ2) is 9.84. The van der Waals surface area contributed by atoms with Crippen LogP contribution in [0.4, 0.5) is 5.69 Å². The van der Waals surface area contributed by atoms with Gasteiger partial charge in [-0.2, -0.15) is 0 Å². The molecule has 1 atom stereocenters. The Morgan fingerprint density at radius 2 is 1.86 bits per heavy atom. The van der Waals surface area contributed by atoms with E-state index in [4.69, 9.17) is 0 Å². The van der Waals surface area contributed by atoms with Crippen LogP contribution in [-0.2, 0) is 36.0 Å². The number of nitrogens with one attached hydrogen (secondary N) is 1. The van der Waals surface area contributed by atoms with Gasteiger partial charge in [0.05, 0.1) is 11.2 Å². The topological polar surface area (TPSA) is 85.0 Å². The molecule has 2 aromatic heterocycles. The summed E-state index contributed by atoms with van der Waals surface area (Å²) in [7, 11) is 1.90. The van der Waals surface area contributed by atoms with Crippen molar-refractivity contribution in [1.82, 2.24) is 24.9 Å². The number of nitrogens with zero attached hydrogens (tertiary/aromatic N) is 5. The number of fused-ring (bicyclic) bond motifs is 2. The van der Waals surface area contributed by atoms with Crippen LogP contribution in [0.2, 0.25) is 0 Å². The van der Waals surface area contributed by atoms with E-state index in [1.165, 1.54) is 11.1 Å². The van der Waals surface area contributed by atoms with E-state index in [0.717, 1.165) is 42.4 Å². The number of hydrogen-bond donors (Lipinski definition) is 1. The van der Waals surface area contributed by atoms with Gasteiger partial charge in [0.1, 0.15) is 12.1 Å². The summed E-state index contributed by atoms with van der Waals surface area (Å²) in [5.74, 6) is -0.449. The summed E-state index contributed by atoms with van der Waals surface area (Å²) in [6, 6.07) is 16.7. The Morgan fingerprint density at radius 3 is 2.62 bits per heavy atom. The lowest BCUT2D eigenvalue weighted by Crippen LogP contribution is -2.51. The maximum absolute atomic E-state index is 14.2. The van der Waals surface area contributed by atoms with E-state index in [0.29, 0.717) is 5.69 Å². The van der Waals surface area contributed by atoms with Gasteiger partial charge >= 0.3 is 0 Å². The van der Waals surface area contributed by atoms with Crippen molar-refractivity contribution >= 4 is 28.5 Å². The fraction of sp³-hybridized carbons (Fsp3) is 0.379. The third kappa shape index (κ3) is 4.88.